The van der Waals surface area contributed by atoms with Gasteiger partial charge in [0, 0.05) is 12.8 Å². The van der Waals surface area contributed by atoms with Gasteiger partial charge in [0.1, 0.15) is 5.52 Å². The zero-order valence-corrected chi connectivity index (χ0v) is 9.13. The van der Waals surface area contributed by atoms with Gasteiger partial charge in [-0.2, -0.15) is 0 Å². The molecule has 84 valence electrons. The van der Waals surface area contributed by atoms with E-state index in [4.69, 9.17) is 10.5 Å². The van der Waals surface area contributed by atoms with Crippen molar-refractivity contribution in [1.29, 1.82) is 0 Å². The van der Waals surface area contributed by atoms with Crippen LogP contribution in [0.25, 0.3) is 11.0 Å². The molecule has 5 nitrogen and oxygen atoms in total. The summed E-state index contributed by atoms with van der Waals surface area (Å²) in [5.41, 5.74) is 7.85. The van der Waals surface area contributed by atoms with Gasteiger partial charge in [-0.1, -0.05) is 0 Å². The Morgan fingerprint density at radius 3 is 3.19 bits per heavy atom. The lowest BCUT2D eigenvalue weighted by atomic mass is 10.1. The zero-order chi connectivity index (χ0) is 11.1. The van der Waals surface area contributed by atoms with Crippen LogP contribution in [0.4, 0.5) is 5.95 Å². The summed E-state index contributed by atoms with van der Waals surface area (Å²) in [7, 11) is 0. The van der Waals surface area contributed by atoms with E-state index in [1.165, 1.54) is 0 Å². The smallest absolute Gasteiger partial charge is 0.201 e. The monoisotopic (exact) mass is 218 g/mol. The second-order valence-electron chi connectivity index (χ2n) is 4.14. The van der Waals surface area contributed by atoms with Gasteiger partial charge < -0.3 is 15.0 Å². The van der Waals surface area contributed by atoms with E-state index in [2.05, 4.69) is 21.5 Å². The van der Waals surface area contributed by atoms with Gasteiger partial charge in [0.15, 0.2) is 0 Å². The van der Waals surface area contributed by atoms with Gasteiger partial charge in [0.05, 0.1) is 23.9 Å². The maximum Gasteiger partial charge on any atom is 0.201 e. The summed E-state index contributed by atoms with van der Waals surface area (Å²) < 4.78 is 7.64. The molecule has 3 rings (SSSR count). The van der Waals surface area contributed by atoms with Gasteiger partial charge in [-0.3, -0.25) is 4.98 Å². The highest BCUT2D eigenvalue weighted by atomic mass is 16.5. The Balaban J connectivity index is 2.18. The number of imidazole rings is 1. The van der Waals surface area contributed by atoms with Crippen molar-refractivity contribution in [3.8, 4) is 0 Å². The molecule has 0 radical (unpaired) electrons. The molecule has 16 heavy (non-hydrogen) atoms. The normalized spacial score (nSPS) is 25.3. The summed E-state index contributed by atoms with van der Waals surface area (Å²) in [6.45, 7) is 2.86. The van der Waals surface area contributed by atoms with Crippen LogP contribution < -0.4 is 5.73 Å². The van der Waals surface area contributed by atoms with Crippen LogP contribution in [0.1, 0.15) is 19.4 Å². The summed E-state index contributed by atoms with van der Waals surface area (Å²) in [6, 6.07) is 2.23. The third-order valence-electron chi connectivity index (χ3n) is 3.19. The standard InChI is InChI=1S/C11H14N4O/c1-7-9(3-5-16-7)15-10-2-4-13-6-8(10)14-11(15)12/h2,4,6-7,9H,3,5H2,1H3,(H2,12,14). The first kappa shape index (κ1) is 9.59. The Labute approximate surface area is 93.2 Å². The van der Waals surface area contributed by atoms with Crippen LogP contribution in [0.3, 0.4) is 0 Å². The largest absolute Gasteiger partial charge is 0.376 e. The van der Waals surface area contributed by atoms with Gasteiger partial charge in [-0.15, -0.1) is 0 Å². The van der Waals surface area contributed by atoms with E-state index in [1.807, 2.05) is 6.07 Å². The van der Waals surface area contributed by atoms with E-state index < -0.39 is 0 Å². The van der Waals surface area contributed by atoms with Gasteiger partial charge in [-0.25, -0.2) is 4.98 Å². The highest BCUT2D eigenvalue weighted by Crippen LogP contribution is 2.31. The lowest BCUT2D eigenvalue weighted by Crippen LogP contribution is -2.18. The number of ether oxygens (including phenoxy) is 1. The van der Waals surface area contributed by atoms with Crippen molar-refractivity contribution in [2.24, 2.45) is 0 Å². The fourth-order valence-corrected chi connectivity index (χ4v) is 2.38. The first-order valence-corrected chi connectivity index (χ1v) is 5.46. The predicted molar refractivity (Wildman–Crippen MR) is 61.0 cm³/mol. The minimum Gasteiger partial charge on any atom is -0.376 e. The molecule has 2 unspecified atom stereocenters. The third-order valence-corrected chi connectivity index (χ3v) is 3.19. The molecule has 1 fully saturated rings. The maximum atomic E-state index is 5.96. The molecule has 0 saturated carbocycles. The fraction of sp³-hybridized carbons (Fsp3) is 0.455. The number of aromatic nitrogens is 3. The molecule has 1 saturated heterocycles. The van der Waals surface area contributed by atoms with E-state index in [0.29, 0.717) is 5.95 Å². The maximum absolute atomic E-state index is 5.96. The summed E-state index contributed by atoms with van der Waals surface area (Å²) in [6.07, 6.45) is 4.68. The molecule has 1 aliphatic rings. The molecule has 0 amide bonds. The number of fused-ring (bicyclic) bond motifs is 1. The molecule has 2 aromatic heterocycles. The number of pyridine rings is 1. The SMILES string of the molecule is CC1OCCC1n1c(N)nc2cnccc21. The first-order valence-electron chi connectivity index (χ1n) is 5.46. The summed E-state index contributed by atoms with van der Waals surface area (Å²) >= 11 is 0. The number of nitrogens with two attached hydrogens (primary N) is 1. The fourth-order valence-electron chi connectivity index (χ4n) is 2.38. The minimum absolute atomic E-state index is 0.188. The summed E-state index contributed by atoms with van der Waals surface area (Å²) in [5.74, 6) is 0.547. The average Bonchev–Trinajstić information content (AvgIpc) is 2.81. The highest BCUT2D eigenvalue weighted by Gasteiger charge is 2.28. The molecule has 5 heteroatoms. The average molecular weight is 218 g/mol. The summed E-state index contributed by atoms with van der Waals surface area (Å²) in [4.78, 5) is 8.37. The number of nitrogens with zero attached hydrogens (tertiary/aromatic N) is 3. The van der Waals surface area contributed by atoms with Gasteiger partial charge in [0.2, 0.25) is 5.95 Å². The molecule has 0 spiro atoms. The predicted octanol–water partition coefficient (Wildman–Crippen LogP) is 1.36. The Morgan fingerprint density at radius 2 is 2.44 bits per heavy atom. The van der Waals surface area contributed by atoms with Crippen molar-refractivity contribution in [2.75, 3.05) is 12.3 Å². The van der Waals surface area contributed by atoms with Crippen molar-refractivity contribution in [3.63, 3.8) is 0 Å². The highest BCUT2D eigenvalue weighted by molar-refractivity contribution is 5.77. The van der Waals surface area contributed by atoms with Crippen LogP contribution in [0.2, 0.25) is 0 Å². The zero-order valence-electron chi connectivity index (χ0n) is 9.13. The molecule has 0 aromatic carbocycles. The Kier molecular flexibility index (Phi) is 2.07. The van der Waals surface area contributed by atoms with Crippen LogP contribution in [0.5, 0.6) is 0 Å². The first-order chi connectivity index (χ1) is 7.77. The molecule has 0 aliphatic carbocycles. The van der Waals surface area contributed by atoms with E-state index >= 15 is 0 Å². The van der Waals surface area contributed by atoms with Crippen molar-refractivity contribution < 1.29 is 4.74 Å². The molecular weight excluding hydrogens is 204 g/mol. The molecule has 0 bridgehead atoms. The van der Waals surface area contributed by atoms with E-state index in [9.17, 15) is 0 Å². The van der Waals surface area contributed by atoms with Crippen LogP contribution in [0, 0.1) is 0 Å². The number of hydrogen-bond donors (Lipinski definition) is 1. The van der Waals surface area contributed by atoms with E-state index in [0.717, 1.165) is 24.1 Å². The Hall–Kier alpha value is -1.62. The topological polar surface area (TPSA) is 66.0 Å². The third kappa shape index (κ3) is 1.28. The second kappa shape index (κ2) is 3.45. The second-order valence-corrected chi connectivity index (χ2v) is 4.14. The van der Waals surface area contributed by atoms with Crippen LogP contribution in [0.15, 0.2) is 18.5 Å². The number of rotatable bonds is 1. The molecule has 1 aliphatic heterocycles. The van der Waals surface area contributed by atoms with Crippen LogP contribution in [-0.4, -0.2) is 27.2 Å². The molecular formula is C11H14N4O. The lowest BCUT2D eigenvalue weighted by molar-refractivity contribution is 0.109. The van der Waals surface area contributed by atoms with Gasteiger partial charge >= 0.3 is 0 Å². The number of nitrogen functional groups attached to an aromatic ring is 1. The molecule has 2 N–H and O–H groups in total. The van der Waals surface area contributed by atoms with E-state index in [1.54, 1.807) is 12.4 Å². The van der Waals surface area contributed by atoms with Gasteiger partial charge in [-0.05, 0) is 19.4 Å². The molecule has 3 heterocycles. The molecule has 2 aromatic rings. The Bertz CT molecular complexity index is 522. The van der Waals surface area contributed by atoms with Crippen molar-refractivity contribution in [3.05, 3.63) is 18.5 Å². The van der Waals surface area contributed by atoms with E-state index in [-0.39, 0.29) is 12.1 Å². The summed E-state index contributed by atoms with van der Waals surface area (Å²) in [5, 5.41) is 0. The molecule has 2 atom stereocenters. The van der Waals surface area contributed by atoms with Gasteiger partial charge in [0.25, 0.3) is 0 Å². The number of anilines is 1. The Morgan fingerprint density at radius 1 is 1.56 bits per heavy atom. The van der Waals surface area contributed by atoms with Crippen molar-refractivity contribution in [1.82, 2.24) is 14.5 Å². The quantitative estimate of drug-likeness (QED) is 0.785. The van der Waals surface area contributed by atoms with Crippen molar-refractivity contribution >= 4 is 17.0 Å². The van der Waals surface area contributed by atoms with Crippen LogP contribution >= 0.6 is 0 Å². The number of hydrogen-bond acceptors (Lipinski definition) is 4. The van der Waals surface area contributed by atoms with Crippen molar-refractivity contribution in [2.45, 2.75) is 25.5 Å². The van der Waals surface area contributed by atoms with Crippen LogP contribution in [-0.2, 0) is 4.74 Å². The minimum atomic E-state index is 0.188. The lowest BCUT2D eigenvalue weighted by Gasteiger charge is -2.17.